The molecule has 0 saturated carbocycles. The molecule has 0 fully saturated rings. The molecule has 1 rings (SSSR count). The van der Waals surface area contributed by atoms with Gasteiger partial charge in [0.2, 0.25) is 5.76 Å². The summed E-state index contributed by atoms with van der Waals surface area (Å²) in [5.74, 6) is -1.19. The number of hydrogen-bond acceptors (Lipinski definition) is 4. The summed E-state index contributed by atoms with van der Waals surface area (Å²) in [6.07, 6.45) is 0.413. The van der Waals surface area contributed by atoms with Crippen molar-refractivity contribution in [2.24, 2.45) is 0 Å². The van der Waals surface area contributed by atoms with Gasteiger partial charge in [0.1, 0.15) is 4.60 Å². The number of nitrogens with zero attached hydrogens (tertiary/aromatic N) is 1. The molecule has 0 bridgehead atoms. The molecule has 8 heteroatoms. The average Bonchev–Trinajstić information content (AvgIpc) is 2.59. The van der Waals surface area contributed by atoms with Crippen LogP contribution in [0.25, 0.3) is 0 Å². The number of carboxylic acids is 1. The van der Waals surface area contributed by atoms with Gasteiger partial charge in [-0.15, -0.1) is 0 Å². The van der Waals surface area contributed by atoms with Gasteiger partial charge in [0.25, 0.3) is 5.91 Å². The molecule has 0 aliphatic carbocycles. The van der Waals surface area contributed by atoms with Gasteiger partial charge in [-0.2, -0.15) is 0 Å². The third-order valence-electron chi connectivity index (χ3n) is 1.56. The van der Waals surface area contributed by atoms with E-state index in [4.69, 9.17) is 5.11 Å². The number of amides is 1. The van der Waals surface area contributed by atoms with Crippen molar-refractivity contribution in [2.45, 2.75) is 12.8 Å². The van der Waals surface area contributed by atoms with Crippen LogP contribution in [0.1, 0.15) is 24.8 Å². The predicted octanol–water partition coefficient (Wildman–Crippen LogP) is -1.85. The van der Waals surface area contributed by atoms with Crippen LogP contribution in [0.5, 0.6) is 0 Å². The number of nitrogens with one attached hydrogen (secondary N) is 1. The Morgan fingerprint density at radius 2 is 2.31 bits per heavy atom. The van der Waals surface area contributed by atoms with Gasteiger partial charge in [0.05, 0.1) is 0 Å². The monoisotopic (exact) mass is 300 g/mol. The van der Waals surface area contributed by atoms with Crippen LogP contribution in [0, 0.1) is 0 Å². The minimum Gasteiger partial charge on any atom is -1.00 e. The molecule has 0 aromatic carbocycles. The molecule has 0 unspecified atom stereocenters. The van der Waals surface area contributed by atoms with Crippen molar-refractivity contribution >= 4 is 27.8 Å². The number of halogens is 1. The number of carbonyl (C=O) groups excluding carboxylic acids is 1. The first-order chi connectivity index (χ1) is 7.09. The molecule has 1 amide bonds. The molecule has 2 N–H and O–H groups in total. The molecule has 1 aromatic rings. The molecule has 0 atom stereocenters. The van der Waals surface area contributed by atoms with Gasteiger partial charge < -0.3 is 16.4 Å². The molecular formula is C8H10BrN2NaO4. The van der Waals surface area contributed by atoms with Crippen LogP contribution in [-0.2, 0) is 4.79 Å². The molecule has 1 heterocycles. The Morgan fingerprint density at radius 1 is 1.62 bits per heavy atom. The maximum absolute atomic E-state index is 11.3. The number of carboxylic acid groups (broad SMARTS) is 1. The summed E-state index contributed by atoms with van der Waals surface area (Å²) in [6.45, 7) is 0.295. The van der Waals surface area contributed by atoms with Crippen molar-refractivity contribution in [1.29, 1.82) is 0 Å². The van der Waals surface area contributed by atoms with Crippen LogP contribution in [0.15, 0.2) is 15.2 Å². The summed E-state index contributed by atoms with van der Waals surface area (Å²) in [7, 11) is 0. The Bertz CT molecular complexity index is 374. The van der Waals surface area contributed by atoms with E-state index in [2.05, 4.69) is 30.9 Å². The number of aromatic nitrogens is 1. The Balaban J connectivity index is 0. The topological polar surface area (TPSA) is 92.4 Å². The zero-order valence-electron chi connectivity index (χ0n) is 9.70. The number of aliphatic carboxylic acids is 1. The Kier molecular flexibility index (Phi) is 7.65. The minimum absolute atomic E-state index is 0. The molecule has 84 valence electrons. The zero-order chi connectivity index (χ0) is 11.3. The zero-order valence-corrected chi connectivity index (χ0v) is 12.3. The van der Waals surface area contributed by atoms with E-state index < -0.39 is 11.9 Å². The normalized spacial score (nSPS) is 9.31. The quantitative estimate of drug-likeness (QED) is 0.492. The Morgan fingerprint density at radius 3 is 2.81 bits per heavy atom. The van der Waals surface area contributed by atoms with Crippen LogP contribution in [0.3, 0.4) is 0 Å². The molecular weight excluding hydrogens is 291 g/mol. The van der Waals surface area contributed by atoms with Crippen LogP contribution in [0.4, 0.5) is 0 Å². The second-order valence-electron chi connectivity index (χ2n) is 2.77. The SMILES string of the molecule is O=C(O)CCCNC(=O)c1cc(Br)no1.[H-].[Na+]. The van der Waals surface area contributed by atoms with Gasteiger partial charge in [-0.05, 0) is 22.4 Å². The fourth-order valence-corrected chi connectivity index (χ4v) is 1.17. The fraction of sp³-hybridized carbons (Fsp3) is 0.375. The van der Waals surface area contributed by atoms with E-state index in [1.165, 1.54) is 6.07 Å². The Hall–Kier alpha value is -0.370. The van der Waals surface area contributed by atoms with E-state index in [1.807, 2.05) is 0 Å². The first kappa shape index (κ1) is 15.6. The summed E-state index contributed by atoms with van der Waals surface area (Å²) < 4.78 is 5.12. The predicted molar refractivity (Wildman–Crippen MR) is 54.5 cm³/mol. The summed E-state index contributed by atoms with van der Waals surface area (Å²) in [4.78, 5) is 21.5. The number of hydrogen-bond donors (Lipinski definition) is 2. The van der Waals surface area contributed by atoms with E-state index in [0.29, 0.717) is 17.6 Å². The van der Waals surface area contributed by atoms with Crippen LogP contribution < -0.4 is 34.9 Å². The first-order valence-corrected chi connectivity index (χ1v) is 5.01. The molecule has 0 aliphatic heterocycles. The maximum atomic E-state index is 11.3. The van der Waals surface area contributed by atoms with E-state index >= 15 is 0 Å². The van der Waals surface area contributed by atoms with Crippen molar-refractivity contribution in [1.82, 2.24) is 10.5 Å². The molecule has 0 spiro atoms. The summed E-state index contributed by atoms with van der Waals surface area (Å²) in [5, 5.41) is 14.3. The van der Waals surface area contributed by atoms with Crippen molar-refractivity contribution in [3.8, 4) is 0 Å². The van der Waals surface area contributed by atoms with Crippen LogP contribution in [0.2, 0.25) is 0 Å². The molecule has 0 radical (unpaired) electrons. The van der Waals surface area contributed by atoms with Crippen molar-refractivity contribution < 1.29 is 50.2 Å². The smallest absolute Gasteiger partial charge is 1.00 e. The third-order valence-corrected chi connectivity index (χ3v) is 1.93. The molecule has 6 nitrogen and oxygen atoms in total. The van der Waals surface area contributed by atoms with Crippen molar-refractivity contribution in [3.63, 3.8) is 0 Å². The molecule has 1 aromatic heterocycles. The van der Waals surface area contributed by atoms with Gasteiger partial charge in [-0.1, -0.05) is 5.16 Å². The largest absolute Gasteiger partial charge is 1.00 e. The molecule has 16 heavy (non-hydrogen) atoms. The number of carbonyl (C=O) groups is 2. The van der Waals surface area contributed by atoms with Gasteiger partial charge in [0.15, 0.2) is 0 Å². The van der Waals surface area contributed by atoms with Gasteiger partial charge >= 0.3 is 35.5 Å². The average molecular weight is 301 g/mol. The van der Waals surface area contributed by atoms with Gasteiger partial charge in [-0.25, -0.2) is 0 Å². The Labute approximate surface area is 124 Å². The van der Waals surface area contributed by atoms with Crippen molar-refractivity contribution in [2.75, 3.05) is 6.54 Å². The van der Waals surface area contributed by atoms with Gasteiger partial charge in [-0.3, -0.25) is 9.59 Å². The minimum atomic E-state index is -0.883. The van der Waals surface area contributed by atoms with E-state index in [0.717, 1.165) is 0 Å². The van der Waals surface area contributed by atoms with E-state index in [9.17, 15) is 9.59 Å². The third kappa shape index (κ3) is 5.64. The summed E-state index contributed by atoms with van der Waals surface area (Å²) in [5.41, 5.74) is 0. The molecule has 0 saturated heterocycles. The standard InChI is InChI=1S/C8H9BrN2O4.Na.H/c9-6-4-5(15-11-6)8(14)10-3-1-2-7(12)13;;/h4H,1-3H2,(H,10,14)(H,12,13);;/q;+1;-1. The van der Waals surface area contributed by atoms with Crippen LogP contribution in [-0.4, -0.2) is 28.7 Å². The number of rotatable bonds is 5. The first-order valence-electron chi connectivity index (χ1n) is 4.22. The van der Waals surface area contributed by atoms with E-state index in [1.54, 1.807) is 0 Å². The molecule has 0 aliphatic rings. The second-order valence-corrected chi connectivity index (χ2v) is 3.58. The van der Waals surface area contributed by atoms with Crippen molar-refractivity contribution in [3.05, 3.63) is 16.4 Å². The fourth-order valence-electron chi connectivity index (χ4n) is 0.889. The van der Waals surface area contributed by atoms with Gasteiger partial charge in [0, 0.05) is 19.0 Å². The maximum Gasteiger partial charge on any atom is 1.00 e. The second kappa shape index (κ2) is 7.83. The summed E-state index contributed by atoms with van der Waals surface area (Å²) >= 11 is 3.04. The van der Waals surface area contributed by atoms with E-state index in [-0.39, 0.29) is 43.2 Å². The van der Waals surface area contributed by atoms with Crippen LogP contribution >= 0.6 is 15.9 Å². The summed E-state index contributed by atoms with van der Waals surface area (Å²) in [6, 6.07) is 1.44.